The van der Waals surface area contributed by atoms with Gasteiger partial charge in [-0.1, -0.05) is 41.7 Å². The monoisotopic (exact) mass is 331 g/mol. The van der Waals surface area contributed by atoms with E-state index in [9.17, 15) is 9.59 Å². The maximum atomic E-state index is 12.1. The number of carboxylic acid groups (broad SMARTS) is 1. The van der Waals surface area contributed by atoms with Gasteiger partial charge in [-0.25, -0.2) is 0 Å². The zero-order valence-electron chi connectivity index (χ0n) is 12.4. The van der Waals surface area contributed by atoms with Crippen LogP contribution >= 0.6 is 11.3 Å². The van der Waals surface area contributed by atoms with Crippen molar-refractivity contribution in [1.82, 2.24) is 15.5 Å². The van der Waals surface area contributed by atoms with Crippen LogP contribution in [-0.2, 0) is 16.1 Å². The Kier molecular flexibility index (Phi) is 4.66. The first-order valence-corrected chi connectivity index (χ1v) is 8.33. The summed E-state index contributed by atoms with van der Waals surface area (Å²) in [5.74, 6) is -1.50. The van der Waals surface area contributed by atoms with Gasteiger partial charge in [0.15, 0.2) is 0 Å². The largest absolute Gasteiger partial charge is 0.481 e. The average molecular weight is 331 g/mol. The normalized spacial score (nSPS) is 20.3. The Hall–Kier alpha value is -2.28. The van der Waals surface area contributed by atoms with Crippen LogP contribution in [-0.4, -0.2) is 27.2 Å². The number of carboxylic acids is 1. The molecular formula is C16H17N3O3S. The Morgan fingerprint density at radius 3 is 2.61 bits per heavy atom. The summed E-state index contributed by atoms with van der Waals surface area (Å²) in [4.78, 5) is 23.1. The highest BCUT2D eigenvalue weighted by molar-refractivity contribution is 7.14. The number of carbonyl (C=O) groups excluding carboxylic acids is 1. The number of benzene rings is 1. The Labute approximate surface area is 137 Å². The third kappa shape index (κ3) is 3.73. The van der Waals surface area contributed by atoms with Crippen LogP contribution in [0.2, 0.25) is 0 Å². The lowest BCUT2D eigenvalue weighted by Gasteiger charge is -2.09. The van der Waals surface area contributed by atoms with Crippen LogP contribution in [0.3, 0.4) is 0 Å². The van der Waals surface area contributed by atoms with E-state index in [2.05, 4.69) is 15.5 Å². The first kappa shape index (κ1) is 15.6. The summed E-state index contributed by atoms with van der Waals surface area (Å²) in [6, 6.07) is 9.76. The van der Waals surface area contributed by atoms with Gasteiger partial charge in [-0.15, -0.1) is 10.2 Å². The maximum Gasteiger partial charge on any atom is 0.306 e. The van der Waals surface area contributed by atoms with Crippen molar-refractivity contribution in [3.63, 3.8) is 0 Å². The van der Waals surface area contributed by atoms with E-state index < -0.39 is 11.9 Å². The molecule has 3 rings (SSSR count). The third-order valence-electron chi connectivity index (χ3n) is 4.05. The highest BCUT2D eigenvalue weighted by atomic mass is 32.1. The van der Waals surface area contributed by atoms with Gasteiger partial charge in [-0.3, -0.25) is 9.59 Å². The Morgan fingerprint density at radius 2 is 1.91 bits per heavy atom. The van der Waals surface area contributed by atoms with Crippen molar-refractivity contribution in [3.8, 4) is 10.6 Å². The molecule has 2 N–H and O–H groups in total. The predicted octanol–water partition coefficient (Wildman–Crippen LogP) is 2.32. The van der Waals surface area contributed by atoms with Gasteiger partial charge in [0.05, 0.1) is 12.5 Å². The summed E-state index contributed by atoms with van der Waals surface area (Å²) in [6.07, 6.45) is 1.63. The van der Waals surface area contributed by atoms with Crippen molar-refractivity contribution in [1.29, 1.82) is 0 Å². The van der Waals surface area contributed by atoms with E-state index in [1.165, 1.54) is 11.3 Å². The number of aromatic nitrogens is 2. The minimum atomic E-state index is -0.808. The molecule has 1 heterocycles. The molecule has 1 aliphatic rings. The molecular weight excluding hydrogens is 314 g/mol. The number of hydrogen-bond acceptors (Lipinski definition) is 5. The fourth-order valence-corrected chi connectivity index (χ4v) is 3.56. The van der Waals surface area contributed by atoms with Crippen molar-refractivity contribution < 1.29 is 14.7 Å². The topological polar surface area (TPSA) is 92.2 Å². The Balaban J connectivity index is 1.54. The van der Waals surface area contributed by atoms with Crippen LogP contribution < -0.4 is 5.32 Å². The smallest absolute Gasteiger partial charge is 0.306 e. The second-order valence-electron chi connectivity index (χ2n) is 5.63. The van der Waals surface area contributed by atoms with Crippen molar-refractivity contribution in [2.24, 2.45) is 11.8 Å². The van der Waals surface area contributed by atoms with Gasteiger partial charge < -0.3 is 10.4 Å². The summed E-state index contributed by atoms with van der Waals surface area (Å²) in [7, 11) is 0. The van der Waals surface area contributed by atoms with Gasteiger partial charge in [0, 0.05) is 11.5 Å². The molecule has 0 unspecified atom stereocenters. The van der Waals surface area contributed by atoms with Gasteiger partial charge in [0.2, 0.25) is 5.91 Å². The molecule has 1 amide bonds. The fraction of sp³-hybridized carbons (Fsp3) is 0.375. The number of amides is 1. The van der Waals surface area contributed by atoms with Gasteiger partial charge in [-0.2, -0.15) is 0 Å². The highest BCUT2D eigenvalue weighted by Gasteiger charge is 2.33. The van der Waals surface area contributed by atoms with Crippen molar-refractivity contribution >= 4 is 23.2 Å². The van der Waals surface area contributed by atoms with Crippen LogP contribution in [0, 0.1) is 11.8 Å². The number of aliphatic carboxylic acids is 1. The van der Waals surface area contributed by atoms with E-state index in [-0.39, 0.29) is 11.8 Å². The lowest BCUT2D eigenvalue weighted by molar-refractivity contribution is -0.141. The van der Waals surface area contributed by atoms with Crippen molar-refractivity contribution in [2.75, 3.05) is 0 Å². The van der Waals surface area contributed by atoms with Crippen LogP contribution in [0.15, 0.2) is 30.3 Å². The Bertz CT molecular complexity index is 702. The summed E-state index contributed by atoms with van der Waals surface area (Å²) in [5, 5.41) is 21.6. The molecule has 1 aromatic heterocycles. The zero-order valence-corrected chi connectivity index (χ0v) is 13.3. The fourth-order valence-electron chi connectivity index (χ4n) is 2.77. The molecule has 7 heteroatoms. The van der Waals surface area contributed by atoms with E-state index >= 15 is 0 Å². The van der Waals surface area contributed by atoms with Crippen LogP contribution in [0.5, 0.6) is 0 Å². The minimum Gasteiger partial charge on any atom is -0.481 e. The molecule has 120 valence electrons. The van der Waals surface area contributed by atoms with E-state index in [0.717, 1.165) is 15.6 Å². The van der Waals surface area contributed by atoms with Gasteiger partial charge in [0.1, 0.15) is 10.0 Å². The van der Waals surface area contributed by atoms with E-state index in [1.807, 2.05) is 30.3 Å². The standard InChI is InChI=1S/C16H17N3O3S/c20-14(11-6-7-12(8-11)16(21)22)17-9-13-18-19-15(23-13)10-4-2-1-3-5-10/h1-5,11-12H,6-9H2,(H,17,20)(H,21,22)/t11-,12+/m0/s1. The summed E-state index contributed by atoms with van der Waals surface area (Å²) >= 11 is 1.44. The molecule has 0 saturated heterocycles. The molecule has 0 spiro atoms. The highest BCUT2D eigenvalue weighted by Crippen LogP contribution is 2.31. The number of carbonyl (C=O) groups is 2. The summed E-state index contributed by atoms with van der Waals surface area (Å²) in [5.41, 5.74) is 1.00. The summed E-state index contributed by atoms with van der Waals surface area (Å²) in [6.45, 7) is 0.331. The molecule has 2 atom stereocenters. The molecule has 0 radical (unpaired) electrons. The first-order chi connectivity index (χ1) is 11.1. The molecule has 0 bridgehead atoms. The van der Waals surface area contributed by atoms with Crippen LogP contribution in [0.25, 0.3) is 10.6 Å². The molecule has 1 aromatic carbocycles. The first-order valence-electron chi connectivity index (χ1n) is 7.52. The number of rotatable bonds is 5. The van der Waals surface area contributed by atoms with E-state index in [0.29, 0.717) is 25.8 Å². The number of nitrogens with zero attached hydrogens (tertiary/aromatic N) is 2. The second kappa shape index (κ2) is 6.87. The average Bonchev–Trinajstić information content (AvgIpc) is 3.23. The molecule has 0 aliphatic heterocycles. The minimum absolute atomic E-state index is 0.0924. The number of nitrogens with one attached hydrogen (secondary N) is 1. The molecule has 1 aliphatic carbocycles. The van der Waals surface area contributed by atoms with Crippen molar-refractivity contribution in [3.05, 3.63) is 35.3 Å². The molecule has 6 nitrogen and oxygen atoms in total. The predicted molar refractivity (Wildman–Crippen MR) is 85.7 cm³/mol. The van der Waals surface area contributed by atoms with Crippen LogP contribution in [0.4, 0.5) is 0 Å². The Morgan fingerprint density at radius 1 is 1.17 bits per heavy atom. The SMILES string of the molecule is O=C(O)[C@@H]1CC[C@H](C(=O)NCc2nnc(-c3ccccc3)s2)C1. The lowest BCUT2D eigenvalue weighted by atomic mass is 10.0. The van der Waals surface area contributed by atoms with Gasteiger partial charge in [0.25, 0.3) is 0 Å². The molecule has 1 saturated carbocycles. The zero-order chi connectivity index (χ0) is 16.2. The number of hydrogen-bond donors (Lipinski definition) is 2. The van der Waals surface area contributed by atoms with Crippen LogP contribution in [0.1, 0.15) is 24.3 Å². The van der Waals surface area contributed by atoms with E-state index in [1.54, 1.807) is 0 Å². The maximum absolute atomic E-state index is 12.1. The van der Waals surface area contributed by atoms with Gasteiger partial charge >= 0.3 is 5.97 Å². The quantitative estimate of drug-likeness (QED) is 0.877. The molecule has 1 fully saturated rings. The molecule has 2 aromatic rings. The molecule has 23 heavy (non-hydrogen) atoms. The lowest BCUT2D eigenvalue weighted by Crippen LogP contribution is -2.29. The second-order valence-corrected chi connectivity index (χ2v) is 6.69. The summed E-state index contributed by atoms with van der Waals surface area (Å²) < 4.78 is 0. The van der Waals surface area contributed by atoms with E-state index in [4.69, 9.17) is 5.11 Å². The van der Waals surface area contributed by atoms with Crippen molar-refractivity contribution in [2.45, 2.75) is 25.8 Å². The third-order valence-corrected chi connectivity index (χ3v) is 5.03. The van der Waals surface area contributed by atoms with Gasteiger partial charge in [-0.05, 0) is 19.3 Å².